The normalized spacial score (nSPS) is 14.4. The first kappa shape index (κ1) is 22.1. The van der Waals surface area contributed by atoms with Gasteiger partial charge in [0, 0.05) is 32.0 Å². The van der Waals surface area contributed by atoms with E-state index in [0.717, 1.165) is 40.7 Å². The average molecular weight is 456 g/mol. The zero-order valence-corrected chi connectivity index (χ0v) is 19.3. The lowest BCUT2D eigenvalue weighted by atomic mass is 9.98. The van der Waals surface area contributed by atoms with Crippen molar-refractivity contribution >= 4 is 22.6 Å². The Morgan fingerprint density at radius 3 is 2.29 bits per heavy atom. The number of carbonyl (C=O) groups excluding carboxylic acids is 1. The van der Waals surface area contributed by atoms with Crippen LogP contribution in [0.25, 0.3) is 11.0 Å². The van der Waals surface area contributed by atoms with Gasteiger partial charge in [0.1, 0.15) is 0 Å². The number of rotatable bonds is 7. The minimum atomic E-state index is -0.278. The topological polar surface area (TPSA) is 81.1 Å². The van der Waals surface area contributed by atoms with Crippen LogP contribution in [0.3, 0.4) is 0 Å². The van der Waals surface area contributed by atoms with Gasteiger partial charge in [0.25, 0.3) is 5.91 Å². The minimum Gasteiger partial charge on any atom is -0.381 e. The number of amides is 1. The first-order valence-corrected chi connectivity index (χ1v) is 11.8. The largest absolute Gasteiger partial charge is 0.381 e. The Morgan fingerprint density at radius 1 is 1.03 bits per heavy atom. The molecule has 1 aliphatic heterocycles. The molecule has 4 aromatic rings. The standard InChI is InChI=1S/C27H29N5O2/c1-2-32-26-22(18-29-32)25(30-21-13-15-34-16-14-21)23(17-28-26)27(33)31-24(19-9-5-3-6-10-19)20-11-7-4-8-12-20/h3-12,17-18,21,24H,2,13-16H2,1H3,(H,28,30)(H,31,33). The monoisotopic (exact) mass is 455 g/mol. The van der Waals surface area contributed by atoms with Gasteiger partial charge >= 0.3 is 0 Å². The summed E-state index contributed by atoms with van der Waals surface area (Å²) in [4.78, 5) is 18.4. The lowest BCUT2D eigenvalue weighted by Crippen LogP contribution is -2.32. The van der Waals surface area contributed by atoms with E-state index in [1.54, 1.807) is 12.4 Å². The Kier molecular flexibility index (Phi) is 6.53. The lowest BCUT2D eigenvalue weighted by Gasteiger charge is -2.26. The van der Waals surface area contributed by atoms with E-state index in [9.17, 15) is 4.79 Å². The number of aromatic nitrogens is 3. The van der Waals surface area contributed by atoms with Crippen molar-refractivity contribution in [3.8, 4) is 0 Å². The number of nitrogens with one attached hydrogen (secondary N) is 2. The maximum absolute atomic E-state index is 13.7. The summed E-state index contributed by atoms with van der Waals surface area (Å²) in [6, 6.07) is 20.0. The van der Waals surface area contributed by atoms with Gasteiger partial charge in [-0.15, -0.1) is 0 Å². The summed E-state index contributed by atoms with van der Waals surface area (Å²) in [6.45, 7) is 4.17. The second kappa shape index (κ2) is 10.1. The molecule has 0 atom stereocenters. The predicted molar refractivity (Wildman–Crippen MR) is 133 cm³/mol. The molecule has 0 radical (unpaired) electrons. The zero-order chi connectivity index (χ0) is 23.3. The van der Waals surface area contributed by atoms with Crippen molar-refractivity contribution in [1.82, 2.24) is 20.1 Å². The number of anilines is 1. The molecule has 3 heterocycles. The highest BCUT2D eigenvalue weighted by molar-refractivity contribution is 6.06. The van der Waals surface area contributed by atoms with Crippen molar-refractivity contribution in [3.63, 3.8) is 0 Å². The fourth-order valence-corrected chi connectivity index (χ4v) is 4.49. The van der Waals surface area contributed by atoms with Crippen LogP contribution in [0.5, 0.6) is 0 Å². The van der Waals surface area contributed by atoms with Gasteiger partial charge in [0.05, 0.1) is 28.9 Å². The van der Waals surface area contributed by atoms with E-state index >= 15 is 0 Å². The van der Waals surface area contributed by atoms with Crippen LogP contribution in [-0.4, -0.2) is 39.9 Å². The Labute approximate surface area is 199 Å². The number of ether oxygens (including phenoxy) is 1. The van der Waals surface area contributed by atoms with Crippen LogP contribution in [0.4, 0.5) is 5.69 Å². The first-order chi connectivity index (χ1) is 16.7. The van der Waals surface area contributed by atoms with Crippen molar-refractivity contribution in [2.45, 2.75) is 38.4 Å². The van der Waals surface area contributed by atoms with Crippen molar-refractivity contribution in [3.05, 3.63) is 89.7 Å². The highest BCUT2D eigenvalue weighted by Gasteiger charge is 2.24. The van der Waals surface area contributed by atoms with E-state index in [2.05, 4.69) is 20.7 Å². The number of fused-ring (bicyclic) bond motifs is 1. The molecule has 0 unspecified atom stereocenters. The third-order valence-electron chi connectivity index (χ3n) is 6.32. The van der Waals surface area contributed by atoms with Crippen LogP contribution in [0, 0.1) is 0 Å². The van der Waals surface area contributed by atoms with E-state index < -0.39 is 0 Å². The van der Waals surface area contributed by atoms with Crippen molar-refractivity contribution in [2.75, 3.05) is 18.5 Å². The maximum atomic E-state index is 13.7. The molecule has 7 nitrogen and oxygen atoms in total. The van der Waals surface area contributed by atoms with Crippen LogP contribution in [0.2, 0.25) is 0 Å². The SMILES string of the molecule is CCn1ncc2c(NC3CCOCC3)c(C(=O)NC(c3ccccc3)c3ccccc3)cnc21. The molecule has 7 heteroatoms. The second-order valence-corrected chi connectivity index (χ2v) is 8.50. The molecule has 1 aliphatic rings. The number of hydrogen-bond acceptors (Lipinski definition) is 5. The molecule has 5 rings (SSSR count). The summed E-state index contributed by atoms with van der Waals surface area (Å²) in [5.41, 5.74) is 4.12. The highest BCUT2D eigenvalue weighted by Crippen LogP contribution is 2.30. The van der Waals surface area contributed by atoms with Crippen LogP contribution < -0.4 is 10.6 Å². The molecule has 2 aromatic heterocycles. The first-order valence-electron chi connectivity index (χ1n) is 11.8. The van der Waals surface area contributed by atoms with E-state index in [0.29, 0.717) is 25.3 Å². The quantitative estimate of drug-likeness (QED) is 0.427. The predicted octanol–water partition coefficient (Wildman–Crippen LogP) is 4.56. The molecule has 1 amide bonds. The van der Waals surface area contributed by atoms with Gasteiger partial charge in [-0.3, -0.25) is 4.79 Å². The molecule has 1 fully saturated rings. The van der Waals surface area contributed by atoms with Crippen LogP contribution in [-0.2, 0) is 11.3 Å². The van der Waals surface area contributed by atoms with Gasteiger partial charge in [-0.2, -0.15) is 5.10 Å². The third kappa shape index (κ3) is 4.52. The molecule has 2 aromatic carbocycles. The van der Waals surface area contributed by atoms with Crippen LogP contribution >= 0.6 is 0 Å². The van der Waals surface area contributed by atoms with Crippen LogP contribution in [0.15, 0.2) is 73.1 Å². The Morgan fingerprint density at radius 2 is 1.68 bits per heavy atom. The van der Waals surface area contributed by atoms with Crippen LogP contribution in [0.1, 0.15) is 47.3 Å². The molecule has 0 saturated carbocycles. The van der Waals surface area contributed by atoms with Gasteiger partial charge in [0.2, 0.25) is 0 Å². The smallest absolute Gasteiger partial charge is 0.255 e. The minimum absolute atomic E-state index is 0.175. The fourth-order valence-electron chi connectivity index (χ4n) is 4.49. The van der Waals surface area contributed by atoms with Crippen molar-refractivity contribution in [2.24, 2.45) is 0 Å². The Bertz CT molecular complexity index is 1210. The average Bonchev–Trinajstić information content (AvgIpc) is 3.33. The summed E-state index contributed by atoms with van der Waals surface area (Å²) < 4.78 is 7.38. The zero-order valence-electron chi connectivity index (χ0n) is 19.3. The number of aryl methyl sites for hydroxylation is 1. The fraction of sp³-hybridized carbons (Fsp3) is 0.296. The second-order valence-electron chi connectivity index (χ2n) is 8.50. The number of benzene rings is 2. The summed E-state index contributed by atoms with van der Waals surface area (Å²) in [7, 11) is 0. The van der Waals surface area contributed by atoms with E-state index in [1.807, 2.05) is 72.3 Å². The van der Waals surface area contributed by atoms with E-state index in [-0.39, 0.29) is 18.0 Å². The number of pyridine rings is 1. The molecule has 34 heavy (non-hydrogen) atoms. The maximum Gasteiger partial charge on any atom is 0.255 e. The van der Waals surface area contributed by atoms with Gasteiger partial charge in [-0.05, 0) is 30.9 Å². The van der Waals surface area contributed by atoms with Gasteiger partial charge < -0.3 is 15.4 Å². The van der Waals surface area contributed by atoms with E-state index in [4.69, 9.17) is 4.74 Å². The summed E-state index contributed by atoms with van der Waals surface area (Å²) in [5, 5.41) is 12.2. The molecular formula is C27H29N5O2. The Balaban J connectivity index is 1.53. The van der Waals surface area contributed by atoms with Gasteiger partial charge in [0.15, 0.2) is 5.65 Å². The Hall–Kier alpha value is -3.71. The molecule has 0 bridgehead atoms. The molecule has 0 aliphatic carbocycles. The molecule has 0 spiro atoms. The van der Waals surface area contributed by atoms with Crippen molar-refractivity contribution in [1.29, 1.82) is 0 Å². The lowest BCUT2D eigenvalue weighted by molar-refractivity contribution is 0.0903. The molecule has 174 valence electrons. The summed E-state index contributed by atoms with van der Waals surface area (Å²) in [6.07, 6.45) is 5.25. The number of nitrogens with zero attached hydrogens (tertiary/aromatic N) is 3. The van der Waals surface area contributed by atoms with Gasteiger partial charge in [-0.1, -0.05) is 60.7 Å². The highest BCUT2D eigenvalue weighted by atomic mass is 16.5. The van der Waals surface area contributed by atoms with Crippen molar-refractivity contribution < 1.29 is 9.53 Å². The summed E-state index contributed by atoms with van der Waals surface area (Å²) >= 11 is 0. The molecule has 1 saturated heterocycles. The van der Waals surface area contributed by atoms with Gasteiger partial charge in [-0.25, -0.2) is 9.67 Å². The third-order valence-corrected chi connectivity index (χ3v) is 6.32. The molecular weight excluding hydrogens is 426 g/mol. The number of hydrogen-bond donors (Lipinski definition) is 2. The van der Waals surface area contributed by atoms with E-state index in [1.165, 1.54) is 0 Å². The molecule has 2 N–H and O–H groups in total. The summed E-state index contributed by atoms with van der Waals surface area (Å²) in [5.74, 6) is -0.175. The number of carbonyl (C=O) groups is 1.